The maximum Gasteiger partial charge on any atom is 0.348 e. The number of benzene rings is 3. The molecule has 0 heterocycles. The normalized spacial score (nSPS) is 11.4. The van der Waals surface area contributed by atoms with Crippen molar-refractivity contribution in [2.75, 3.05) is 12.4 Å². The number of hydrogen-bond acceptors (Lipinski definition) is 4. The maximum atomic E-state index is 13.8. The standard InChI is InChI=1S/C23H16F4O4.CH3Br/c24-18-8-6-16(10-20(18)26)23(30,17-7-9-19(25)21(27)11-17)22(29)31-13-15(12-28)14-4-2-1-3-5-14;1-2/h1-12,28,30H,13H2;1H3/b15-12-;. The van der Waals surface area contributed by atoms with Crippen molar-refractivity contribution in [3.63, 3.8) is 0 Å². The summed E-state index contributed by atoms with van der Waals surface area (Å²) in [5.41, 5.74) is -3.03. The SMILES string of the molecule is CBr.O=C(OC/C(=C/O)c1ccccc1)C(O)(c1ccc(F)c(F)c1)c1ccc(F)c(F)c1. The second-order valence-electron chi connectivity index (χ2n) is 6.56. The zero-order valence-corrected chi connectivity index (χ0v) is 18.8. The number of rotatable bonds is 6. The Morgan fingerprint density at radius 2 is 1.36 bits per heavy atom. The Kier molecular flexibility index (Phi) is 9.19. The van der Waals surface area contributed by atoms with Crippen LogP contribution >= 0.6 is 15.9 Å². The van der Waals surface area contributed by atoms with Crippen molar-refractivity contribution in [1.82, 2.24) is 0 Å². The van der Waals surface area contributed by atoms with E-state index in [-0.39, 0.29) is 5.57 Å². The van der Waals surface area contributed by atoms with Gasteiger partial charge in [-0.2, -0.15) is 0 Å². The summed E-state index contributed by atoms with van der Waals surface area (Å²) in [6.07, 6.45) is 0.705. The molecular weight excluding hydrogens is 508 g/mol. The Labute approximate surface area is 195 Å². The van der Waals surface area contributed by atoms with Gasteiger partial charge in [0.1, 0.15) is 6.61 Å². The molecule has 0 aliphatic heterocycles. The molecule has 3 rings (SSSR count). The van der Waals surface area contributed by atoms with Gasteiger partial charge in [-0.05, 0) is 35.7 Å². The number of carbonyl (C=O) groups is 1. The average molecular weight is 527 g/mol. The molecule has 3 aromatic carbocycles. The lowest BCUT2D eigenvalue weighted by molar-refractivity contribution is -0.160. The minimum atomic E-state index is -2.79. The van der Waals surface area contributed by atoms with Gasteiger partial charge in [0.05, 0.1) is 6.26 Å². The van der Waals surface area contributed by atoms with E-state index in [0.29, 0.717) is 36.1 Å². The summed E-state index contributed by atoms with van der Waals surface area (Å²) in [5.74, 6) is -4.77. The molecule has 4 nitrogen and oxygen atoms in total. The second-order valence-corrected chi connectivity index (χ2v) is 6.56. The first kappa shape index (κ1) is 26.1. The Bertz CT molecular complexity index is 1090. The van der Waals surface area contributed by atoms with Crippen molar-refractivity contribution in [2.24, 2.45) is 0 Å². The molecule has 0 amide bonds. The molecular formula is C24H19BrF4O4. The zero-order valence-electron chi connectivity index (χ0n) is 17.2. The number of halogens is 5. The molecule has 0 saturated heterocycles. The molecule has 0 fully saturated rings. The van der Waals surface area contributed by atoms with Gasteiger partial charge in [0.25, 0.3) is 0 Å². The smallest absolute Gasteiger partial charge is 0.348 e. The van der Waals surface area contributed by atoms with Gasteiger partial charge in [-0.1, -0.05) is 58.4 Å². The molecule has 0 aliphatic rings. The number of carbonyl (C=O) groups excluding carboxylic acids is 1. The Hall–Kier alpha value is -3.17. The van der Waals surface area contributed by atoms with Gasteiger partial charge in [0.2, 0.25) is 5.60 Å². The third-order valence-corrected chi connectivity index (χ3v) is 4.63. The predicted molar refractivity (Wildman–Crippen MR) is 119 cm³/mol. The lowest BCUT2D eigenvalue weighted by Crippen LogP contribution is -2.39. The van der Waals surface area contributed by atoms with Gasteiger partial charge in [-0.25, -0.2) is 22.4 Å². The van der Waals surface area contributed by atoms with Crippen LogP contribution in [0.4, 0.5) is 17.6 Å². The van der Waals surface area contributed by atoms with E-state index in [9.17, 15) is 32.6 Å². The number of esters is 1. The summed E-state index contributed by atoms with van der Waals surface area (Å²) in [7, 11) is 0. The van der Waals surface area contributed by atoms with E-state index < -0.39 is 52.6 Å². The Morgan fingerprint density at radius 3 is 1.79 bits per heavy atom. The second kappa shape index (κ2) is 11.6. The molecule has 0 unspecified atom stereocenters. The topological polar surface area (TPSA) is 66.8 Å². The van der Waals surface area contributed by atoms with Crippen molar-refractivity contribution in [2.45, 2.75) is 5.60 Å². The lowest BCUT2D eigenvalue weighted by atomic mass is 9.86. The van der Waals surface area contributed by atoms with Gasteiger partial charge in [0, 0.05) is 16.7 Å². The Balaban J connectivity index is 0.00000187. The van der Waals surface area contributed by atoms with Crippen LogP contribution in [0.5, 0.6) is 0 Å². The summed E-state index contributed by atoms with van der Waals surface area (Å²) in [4.78, 5) is 12.9. The third-order valence-electron chi connectivity index (χ3n) is 4.63. The van der Waals surface area contributed by atoms with Crippen LogP contribution in [0.2, 0.25) is 0 Å². The van der Waals surface area contributed by atoms with Crippen LogP contribution in [-0.4, -0.2) is 28.6 Å². The summed E-state index contributed by atoms with van der Waals surface area (Å²) in [5, 5.41) is 20.6. The van der Waals surface area contributed by atoms with Crippen LogP contribution in [-0.2, 0) is 15.1 Å². The first-order valence-corrected chi connectivity index (χ1v) is 10.9. The molecule has 174 valence electrons. The van der Waals surface area contributed by atoms with Gasteiger partial charge in [0.15, 0.2) is 23.3 Å². The van der Waals surface area contributed by atoms with E-state index in [1.54, 1.807) is 30.3 Å². The van der Waals surface area contributed by atoms with Gasteiger partial charge in [-0.3, -0.25) is 0 Å². The maximum absolute atomic E-state index is 13.8. The molecule has 2 N–H and O–H groups in total. The van der Waals surface area contributed by atoms with Crippen LogP contribution in [0.15, 0.2) is 73.0 Å². The fourth-order valence-electron chi connectivity index (χ4n) is 2.94. The predicted octanol–water partition coefficient (Wildman–Crippen LogP) is 5.63. The number of aliphatic hydroxyl groups is 2. The summed E-state index contributed by atoms with van der Waals surface area (Å²) in [6.45, 7) is -0.505. The third kappa shape index (κ3) is 5.80. The number of hydrogen-bond donors (Lipinski definition) is 2. The molecule has 0 spiro atoms. The van der Waals surface area contributed by atoms with Crippen molar-refractivity contribution in [1.29, 1.82) is 0 Å². The number of aliphatic hydroxyl groups excluding tert-OH is 1. The first-order chi connectivity index (χ1) is 15.8. The van der Waals surface area contributed by atoms with Crippen LogP contribution < -0.4 is 0 Å². The van der Waals surface area contributed by atoms with Gasteiger partial charge >= 0.3 is 5.97 Å². The van der Waals surface area contributed by atoms with Crippen LogP contribution in [0.1, 0.15) is 16.7 Å². The van der Waals surface area contributed by atoms with Crippen LogP contribution in [0, 0.1) is 23.3 Å². The van der Waals surface area contributed by atoms with Gasteiger partial charge < -0.3 is 14.9 Å². The van der Waals surface area contributed by atoms with E-state index >= 15 is 0 Å². The quantitative estimate of drug-likeness (QED) is 0.189. The molecule has 33 heavy (non-hydrogen) atoms. The molecule has 0 radical (unpaired) electrons. The van der Waals surface area contributed by atoms with E-state index in [1.165, 1.54) is 0 Å². The highest BCUT2D eigenvalue weighted by Crippen LogP contribution is 2.33. The monoisotopic (exact) mass is 526 g/mol. The summed E-state index contributed by atoms with van der Waals surface area (Å²) >= 11 is 2.94. The Morgan fingerprint density at radius 1 is 0.879 bits per heavy atom. The molecule has 9 heteroatoms. The van der Waals surface area contributed by atoms with Gasteiger partial charge in [-0.15, -0.1) is 0 Å². The van der Waals surface area contributed by atoms with E-state index in [2.05, 4.69) is 15.9 Å². The van der Waals surface area contributed by atoms with Crippen molar-refractivity contribution in [3.05, 3.63) is 113 Å². The first-order valence-electron chi connectivity index (χ1n) is 9.34. The summed E-state index contributed by atoms with van der Waals surface area (Å²) in [6, 6.07) is 12.6. The zero-order chi connectivity index (χ0) is 24.6. The van der Waals surface area contributed by atoms with Crippen LogP contribution in [0.3, 0.4) is 0 Å². The fourth-order valence-corrected chi connectivity index (χ4v) is 2.94. The minimum Gasteiger partial charge on any atom is -0.515 e. The lowest BCUT2D eigenvalue weighted by Gasteiger charge is -2.27. The summed E-state index contributed by atoms with van der Waals surface area (Å²) < 4.78 is 59.5. The van der Waals surface area contributed by atoms with Crippen LogP contribution in [0.25, 0.3) is 5.57 Å². The highest BCUT2D eigenvalue weighted by Gasteiger charge is 2.43. The molecule has 0 aliphatic carbocycles. The largest absolute Gasteiger partial charge is 0.515 e. The average Bonchev–Trinajstić information content (AvgIpc) is 2.84. The molecule has 0 saturated carbocycles. The fraction of sp³-hybridized carbons (Fsp3) is 0.125. The molecule has 0 aromatic heterocycles. The number of ether oxygens (including phenoxy) is 1. The molecule has 0 atom stereocenters. The van der Waals surface area contributed by atoms with Crippen molar-refractivity contribution >= 4 is 27.5 Å². The minimum absolute atomic E-state index is 0.173. The number of alkyl halides is 1. The van der Waals surface area contributed by atoms with E-state index in [0.717, 1.165) is 12.1 Å². The highest BCUT2D eigenvalue weighted by atomic mass is 79.9. The molecule has 3 aromatic rings. The van der Waals surface area contributed by atoms with E-state index in [4.69, 9.17) is 4.74 Å². The van der Waals surface area contributed by atoms with Crippen molar-refractivity contribution < 1.29 is 37.3 Å². The van der Waals surface area contributed by atoms with E-state index in [1.807, 2.05) is 5.83 Å². The highest BCUT2D eigenvalue weighted by molar-refractivity contribution is 9.08. The molecule has 0 bridgehead atoms. The van der Waals surface area contributed by atoms with Crippen molar-refractivity contribution in [3.8, 4) is 0 Å².